The van der Waals surface area contributed by atoms with E-state index in [9.17, 15) is 4.79 Å². The molecule has 1 aliphatic rings. The van der Waals surface area contributed by atoms with Crippen molar-refractivity contribution in [2.24, 2.45) is 0 Å². The second-order valence-corrected chi connectivity index (χ2v) is 4.58. The van der Waals surface area contributed by atoms with Crippen molar-refractivity contribution >= 4 is 11.0 Å². The van der Waals surface area contributed by atoms with Gasteiger partial charge in [0.15, 0.2) is 0 Å². The van der Waals surface area contributed by atoms with E-state index in [1.165, 1.54) is 37.7 Å². The van der Waals surface area contributed by atoms with Crippen molar-refractivity contribution in [2.75, 3.05) is 0 Å². The van der Waals surface area contributed by atoms with Gasteiger partial charge in [-0.25, -0.2) is 0 Å². The van der Waals surface area contributed by atoms with Crippen molar-refractivity contribution in [3.63, 3.8) is 0 Å². The molecule has 0 saturated heterocycles. The first-order valence-corrected chi connectivity index (χ1v) is 5.91. The maximum absolute atomic E-state index is 11.5. The molecule has 1 fully saturated rings. The fourth-order valence-corrected chi connectivity index (χ4v) is 2.73. The predicted molar refractivity (Wildman–Crippen MR) is 62.5 cm³/mol. The highest BCUT2D eigenvalue weighted by Crippen LogP contribution is 2.34. The molecule has 2 N–H and O–H groups in total. The van der Waals surface area contributed by atoms with E-state index in [1.807, 2.05) is 6.20 Å². The summed E-state index contributed by atoms with van der Waals surface area (Å²) in [6.07, 6.45) is 8.09. The summed E-state index contributed by atoms with van der Waals surface area (Å²) in [7, 11) is 0. The number of pyridine rings is 1. The Hall–Kier alpha value is -1.58. The molecule has 0 atom stereocenters. The van der Waals surface area contributed by atoms with Crippen LogP contribution in [-0.2, 0) is 0 Å². The third kappa shape index (κ3) is 1.54. The average Bonchev–Trinajstić information content (AvgIpc) is 2.77. The van der Waals surface area contributed by atoms with Crippen LogP contribution < -0.4 is 5.56 Å². The van der Waals surface area contributed by atoms with Gasteiger partial charge in [0.05, 0.1) is 6.20 Å². The van der Waals surface area contributed by atoms with Gasteiger partial charge in [-0.1, -0.05) is 19.3 Å². The number of nitrogens with one attached hydrogen (secondary N) is 2. The monoisotopic (exact) mass is 217 g/mol. The van der Waals surface area contributed by atoms with Crippen LogP contribution in [-0.4, -0.2) is 15.2 Å². The fourth-order valence-electron chi connectivity index (χ4n) is 2.73. The number of aromatic amines is 2. The van der Waals surface area contributed by atoms with Gasteiger partial charge in [0.1, 0.15) is 5.65 Å². The van der Waals surface area contributed by atoms with Crippen LogP contribution in [0.15, 0.2) is 17.1 Å². The molecule has 0 unspecified atom stereocenters. The Kier molecular flexibility index (Phi) is 2.27. The quantitative estimate of drug-likeness (QED) is 0.769. The van der Waals surface area contributed by atoms with Crippen LogP contribution in [0.3, 0.4) is 0 Å². The highest BCUT2D eigenvalue weighted by Gasteiger charge is 2.18. The summed E-state index contributed by atoms with van der Waals surface area (Å²) < 4.78 is 0. The second kappa shape index (κ2) is 3.77. The van der Waals surface area contributed by atoms with Gasteiger partial charge in [0, 0.05) is 11.5 Å². The highest BCUT2D eigenvalue weighted by molar-refractivity contribution is 5.78. The Morgan fingerprint density at radius 2 is 2.06 bits per heavy atom. The maximum atomic E-state index is 11.5. The number of aromatic nitrogens is 3. The summed E-state index contributed by atoms with van der Waals surface area (Å²) in [6.45, 7) is 0. The van der Waals surface area contributed by atoms with E-state index in [0.29, 0.717) is 5.92 Å². The second-order valence-electron chi connectivity index (χ2n) is 4.58. The molecular formula is C12H15N3O. The number of hydrogen-bond donors (Lipinski definition) is 2. The van der Waals surface area contributed by atoms with Crippen molar-refractivity contribution in [1.29, 1.82) is 0 Å². The lowest BCUT2D eigenvalue weighted by atomic mass is 9.83. The molecule has 0 bridgehead atoms. The average molecular weight is 217 g/mol. The maximum Gasteiger partial charge on any atom is 0.249 e. The van der Waals surface area contributed by atoms with Crippen LogP contribution in [0.1, 0.15) is 43.6 Å². The lowest BCUT2D eigenvalue weighted by Crippen LogP contribution is -2.11. The minimum absolute atomic E-state index is 0.0303. The molecular weight excluding hydrogens is 202 g/mol. The minimum Gasteiger partial charge on any atom is -0.307 e. The molecule has 3 rings (SSSR count). The smallest absolute Gasteiger partial charge is 0.249 e. The summed E-state index contributed by atoms with van der Waals surface area (Å²) in [5.41, 5.74) is 1.90. The van der Waals surface area contributed by atoms with Crippen LogP contribution in [0.4, 0.5) is 0 Å². The highest BCUT2D eigenvalue weighted by atomic mass is 16.1. The van der Waals surface area contributed by atoms with Crippen molar-refractivity contribution in [3.8, 4) is 0 Å². The summed E-state index contributed by atoms with van der Waals surface area (Å²) in [5, 5.41) is 7.91. The standard InChI is InChI=1S/C12H15N3O/c16-11-6-9(8-4-2-1-3-5-8)10-7-13-15-12(10)14-11/h6-8H,1-5H2,(H2,13,14,15,16). The summed E-state index contributed by atoms with van der Waals surface area (Å²) in [5.74, 6) is 0.538. The molecule has 2 aromatic rings. The lowest BCUT2D eigenvalue weighted by Gasteiger charge is -2.22. The van der Waals surface area contributed by atoms with E-state index in [2.05, 4.69) is 15.2 Å². The molecule has 16 heavy (non-hydrogen) atoms. The molecule has 4 nitrogen and oxygen atoms in total. The van der Waals surface area contributed by atoms with Gasteiger partial charge >= 0.3 is 0 Å². The summed E-state index contributed by atoms with van der Waals surface area (Å²) >= 11 is 0. The topological polar surface area (TPSA) is 61.5 Å². The van der Waals surface area contributed by atoms with Crippen molar-refractivity contribution < 1.29 is 0 Å². The zero-order valence-corrected chi connectivity index (χ0v) is 9.12. The molecule has 84 valence electrons. The van der Waals surface area contributed by atoms with Crippen LogP contribution >= 0.6 is 0 Å². The Balaban J connectivity index is 2.13. The van der Waals surface area contributed by atoms with Crippen LogP contribution in [0.5, 0.6) is 0 Å². The lowest BCUT2D eigenvalue weighted by molar-refractivity contribution is 0.445. The van der Waals surface area contributed by atoms with E-state index < -0.39 is 0 Å². The number of H-pyrrole nitrogens is 2. The molecule has 0 spiro atoms. The van der Waals surface area contributed by atoms with Gasteiger partial charge in [-0.3, -0.25) is 9.89 Å². The zero-order chi connectivity index (χ0) is 11.0. The Morgan fingerprint density at radius 1 is 1.25 bits per heavy atom. The van der Waals surface area contributed by atoms with Crippen molar-refractivity contribution in [1.82, 2.24) is 15.2 Å². The normalized spacial score (nSPS) is 18.0. The predicted octanol–water partition coefficient (Wildman–Crippen LogP) is 2.30. The SMILES string of the molecule is O=c1cc(C2CCCCC2)c2cn[nH]c2[nH]1. The van der Waals surface area contributed by atoms with Crippen LogP contribution in [0.25, 0.3) is 11.0 Å². The van der Waals surface area contributed by atoms with Gasteiger partial charge in [-0.05, 0) is 24.3 Å². The minimum atomic E-state index is -0.0303. The van der Waals surface area contributed by atoms with E-state index >= 15 is 0 Å². The molecule has 0 radical (unpaired) electrons. The van der Waals surface area contributed by atoms with Crippen LogP contribution in [0, 0.1) is 0 Å². The third-order valence-electron chi connectivity index (χ3n) is 3.53. The third-order valence-corrected chi connectivity index (χ3v) is 3.53. The first-order chi connectivity index (χ1) is 7.84. The van der Waals surface area contributed by atoms with Gasteiger partial charge in [0.25, 0.3) is 0 Å². The first kappa shape index (κ1) is 9.63. The molecule has 0 aromatic carbocycles. The molecule has 0 aliphatic heterocycles. The number of hydrogen-bond acceptors (Lipinski definition) is 2. The van der Waals surface area contributed by atoms with Gasteiger partial charge in [-0.15, -0.1) is 0 Å². The Labute approximate surface area is 93.1 Å². The van der Waals surface area contributed by atoms with Crippen molar-refractivity contribution in [2.45, 2.75) is 38.0 Å². The molecule has 4 heteroatoms. The molecule has 0 amide bonds. The first-order valence-electron chi connectivity index (χ1n) is 5.91. The van der Waals surface area contributed by atoms with E-state index in [1.54, 1.807) is 6.07 Å². The molecule has 1 saturated carbocycles. The zero-order valence-electron chi connectivity index (χ0n) is 9.12. The summed E-state index contributed by atoms with van der Waals surface area (Å²) in [4.78, 5) is 14.3. The Bertz CT molecular complexity index is 549. The molecule has 2 aromatic heterocycles. The number of rotatable bonds is 1. The fraction of sp³-hybridized carbons (Fsp3) is 0.500. The molecule has 1 aliphatic carbocycles. The summed E-state index contributed by atoms with van der Waals surface area (Å²) in [6, 6.07) is 1.74. The van der Waals surface area contributed by atoms with E-state index in [0.717, 1.165) is 11.0 Å². The van der Waals surface area contributed by atoms with Crippen molar-refractivity contribution in [3.05, 3.63) is 28.2 Å². The van der Waals surface area contributed by atoms with Gasteiger partial charge < -0.3 is 4.98 Å². The van der Waals surface area contributed by atoms with E-state index in [4.69, 9.17) is 0 Å². The van der Waals surface area contributed by atoms with Gasteiger partial charge in [0.2, 0.25) is 5.56 Å². The van der Waals surface area contributed by atoms with E-state index in [-0.39, 0.29) is 5.56 Å². The Morgan fingerprint density at radius 3 is 2.88 bits per heavy atom. The molecule has 2 heterocycles. The van der Waals surface area contributed by atoms with Crippen LogP contribution in [0.2, 0.25) is 0 Å². The largest absolute Gasteiger partial charge is 0.307 e. The number of nitrogens with zero attached hydrogens (tertiary/aromatic N) is 1. The van der Waals surface area contributed by atoms with Gasteiger partial charge in [-0.2, -0.15) is 5.10 Å². The number of fused-ring (bicyclic) bond motifs is 1.